The SMILES string of the molecule is NNC(=O)CSCC(=O)Nc1ccc(-c2c3ccc(=O)cc-3oc3cc(O)ccc23)c(C(=O)O)c1. The number of hydrazine groups is 1. The Labute approximate surface area is 202 Å². The Bertz CT molecular complexity index is 1500. The van der Waals surface area contributed by atoms with E-state index in [0.717, 1.165) is 11.8 Å². The first kappa shape index (κ1) is 23.8. The largest absolute Gasteiger partial charge is 0.508 e. The smallest absolute Gasteiger partial charge is 0.336 e. The number of amides is 2. The van der Waals surface area contributed by atoms with Crippen molar-refractivity contribution in [1.29, 1.82) is 0 Å². The number of phenols is 1. The van der Waals surface area contributed by atoms with Crippen LogP contribution in [-0.4, -0.2) is 39.5 Å². The molecular formula is C24H19N3O7S. The molecule has 2 aliphatic rings. The van der Waals surface area contributed by atoms with Gasteiger partial charge in [0.2, 0.25) is 11.8 Å². The number of fused-ring (bicyclic) bond motifs is 2. The zero-order valence-corrected chi connectivity index (χ0v) is 18.8. The summed E-state index contributed by atoms with van der Waals surface area (Å²) in [5.41, 5.74) is 3.46. The van der Waals surface area contributed by atoms with E-state index in [-0.39, 0.29) is 45.3 Å². The summed E-state index contributed by atoms with van der Waals surface area (Å²) in [6, 6.07) is 13.1. The average molecular weight is 493 g/mol. The van der Waals surface area contributed by atoms with Crippen molar-refractivity contribution in [2.24, 2.45) is 5.84 Å². The Kier molecular flexibility index (Phi) is 6.71. The second kappa shape index (κ2) is 9.87. The molecule has 0 saturated carbocycles. The molecule has 0 aromatic heterocycles. The quantitative estimate of drug-likeness (QED) is 0.112. The van der Waals surface area contributed by atoms with Gasteiger partial charge in [-0.3, -0.25) is 19.8 Å². The van der Waals surface area contributed by atoms with E-state index in [1.54, 1.807) is 24.3 Å². The van der Waals surface area contributed by atoms with E-state index in [0.29, 0.717) is 22.1 Å². The van der Waals surface area contributed by atoms with Gasteiger partial charge in [0.05, 0.1) is 17.1 Å². The minimum Gasteiger partial charge on any atom is -0.508 e. The fraction of sp³-hybridized carbons (Fsp3) is 0.0833. The van der Waals surface area contributed by atoms with Gasteiger partial charge in [0.25, 0.3) is 0 Å². The Morgan fingerprint density at radius 1 is 0.943 bits per heavy atom. The number of carboxylic acid groups (broad SMARTS) is 1. The van der Waals surface area contributed by atoms with Crippen molar-refractivity contribution < 1.29 is 29.0 Å². The number of carbonyl (C=O) groups is 3. The Morgan fingerprint density at radius 3 is 2.43 bits per heavy atom. The molecule has 1 aliphatic carbocycles. The van der Waals surface area contributed by atoms with Gasteiger partial charge in [0, 0.05) is 34.3 Å². The summed E-state index contributed by atoms with van der Waals surface area (Å²) in [6.45, 7) is 0. The summed E-state index contributed by atoms with van der Waals surface area (Å²) in [5, 5.41) is 23.0. The Morgan fingerprint density at radius 2 is 1.69 bits per heavy atom. The Hall–Kier alpha value is -4.35. The number of hydrogen-bond acceptors (Lipinski definition) is 8. The third-order valence-corrected chi connectivity index (χ3v) is 6.04. The van der Waals surface area contributed by atoms with Gasteiger partial charge in [-0.1, -0.05) is 6.07 Å². The molecule has 178 valence electrons. The minimum atomic E-state index is -1.23. The predicted molar refractivity (Wildman–Crippen MR) is 131 cm³/mol. The van der Waals surface area contributed by atoms with Crippen molar-refractivity contribution in [2.75, 3.05) is 16.8 Å². The number of thioether (sulfide) groups is 1. The number of carbonyl (C=O) groups excluding carboxylic acids is 2. The number of anilines is 1. The second-order valence-corrected chi connectivity index (χ2v) is 8.48. The molecule has 1 heterocycles. The number of benzene rings is 3. The van der Waals surface area contributed by atoms with Crippen LogP contribution >= 0.6 is 11.8 Å². The van der Waals surface area contributed by atoms with Crippen LogP contribution < -0.4 is 22.0 Å². The Balaban J connectivity index is 1.78. The third-order valence-electron chi connectivity index (χ3n) is 5.11. The average Bonchev–Trinajstić information content (AvgIpc) is 2.82. The van der Waals surface area contributed by atoms with Crippen LogP contribution in [0.2, 0.25) is 0 Å². The van der Waals surface area contributed by atoms with Gasteiger partial charge in [-0.25, -0.2) is 10.6 Å². The highest BCUT2D eigenvalue weighted by Crippen LogP contribution is 2.42. The molecule has 10 nitrogen and oxygen atoms in total. The van der Waals surface area contributed by atoms with Crippen LogP contribution in [0.4, 0.5) is 5.69 Å². The lowest BCUT2D eigenvalue weighted by molar-refractivity contribution is -0.118. The van der Waals surface area contributed by atoms with E-state index >= 15 is 0 Å². The van der Waals surface area contributed by atoms with Crippen molar-refractivity contribution in [3.8, 4) is 28.2 Å². The second-order valence-electron chi connectivity index (χ2n) is 7.49. The van der Waals surface area contributed by atoms with Crippen molar-refractivity contribution >= 4 is 46.2 Å². The van der Waals surface area contributed by atoms with Gasteiger partial charge in [-0.15, -0.1) is 11.8 Å². The van der Waals surface area contributed by atoms with Gasteiger partial charge in [0.15, 0.2) is 5.43 Å². The molecule has 1 aliphatic heterocycles. The first-order valence-corrected chi connectivity index (χ1v) is 11.4. The number of nitrogens with two attached hydrogens (primary N) is 1. The summed E-state index contributed by atoms with van der Waals surface area (Å²) < 4.78 is 5.81. The first-order chi connectivity index (χ1) is 16.8. The van der Waals surface area contributed by atoms with Crippen LogP contribution in [0.15, 0.2) is 63.8 Å². The number of phenolic OH excluding ortho intramolecular Hbond substituents is 1. The molecule has 0 spiro atoms. The first-order valence-electron chi connectivity index (χ1n) is 10.2. The van der Waals surface area contributed by atoms with Gasteiger partial charge < -0.3 is 19.9 Å². The van der Waals surface area contributed by atoms with Crippen molar-refractivity contribution in [2.45, 2.75) is 0 Å². The normalized spacial score (nSPS) is 10.9. The van der Waals surface area contributed by atoms with Crippen molar-refractivity contribution in [1.82, 2.24) is 5.43 Å². The zero-order chi connectivity index (χ0) is 25.1. The number of hydrogen-bond donors (Lipinski definition) is 5. The van der Waals surface area contributed by atoms with E-state index in [1.807, 2.05) is 5.43 Å². The third kappa shape index (κ3) is 5.10. The highest BCUT2D eigenvalue weighted by atomic mass is 32.2. The molecule has 4 rings (SSSR count). The highest BCUT2D eigenvalue weighted by Gasteiger charge is 2.22. The van der Waals surface area contributed by atoms with Crippen LogP contribution in [0.3, 0.4) is 0 Å². The van der Waals surface area contributed by atoms with Gasteiger partial charge >= 0.3 is 5.97 Å². The topological polar surface area (TPSA) is 172 Å². The van der Waals surface area contributed by atoms with E-state index in [1.165, 1.54) is 30.3 Å². The van der Waals surface area contributed by atoms with Crippen LogP contribution in [0.5, 0.6) is 5.75 Å². The lowest BCUT2D eigenvalue weighted by Gasteiger charge is -2.17. The standard InChI is InChI=1S/C24H19N3O7S/c25-27-22(31)11-35-10-21(30)26-12-1-4-15(18(7-12)24(32)33)23-16-5-2-13(28)8-19(16)34-20-9-14(29)3-6-17(20)23/h1-9,28H,10-11,25H2,(H,26,30)(H,27,31)(H,32,33). The molecule has 0 saturated heterocycles. The number of rotatable bonds is 7. The lowest BCUT2D eigenvalue weighted by Crippen LogP contribution is -2.32. The molecule has 0 radical (unpaired) electrons. The van der Waals surface area contributed by atoms with Crippen LogP contribution in [0.25, 0.3) is 33.4 Å². The zero-order valence-electron chi connectivity index (χ0n) is 18.0. The number of aromatic hydroxyl groups is 1. The highest BCUT2D eigenvalue weighted by molar-refractivity contribution is 8.00. The number of nitrogens with one attached hydrogen (secondary N) is 2. The number of carboxylic acids is 1. The summed E-state index contributed by atoms with van der Waals surface area (Å²) in [6.07, 6.45) is 0. The van der Waals surface area contributed by atoms with Gasteiger partial charge in [-0.2, -0.15) is 0 Å². The molecule has 2 aromatic carbocycles. The minimum absolute atomic E-state index is 0.00305. The van der Waals surface area contributed by atoms with Gasteiger partial charge in [-0.05, 0) is 42.0 Å². The van der Waals surface area contributed by atoms with E-state index in [9.17, 15) is 29.4 Å². The summed E-state index contributed by atoms with van der Waals surface area (Å²) in [7, 11) is 0. The van der Waals surface area contributed by atoms with Crippen molar-refractivity contribution in [3.63, 3.8) is 0 Å². The molecular weight excluding hydrogens is 474 g/mol. The van der Waals surface area contributed by atoms with Crippen molar-refractivity contribution in [3.05, 3.63) is 70.4 Å². The maximum Gasteiger partial charge on any atom is 0.336 e. The maximum atomic E-state index is 12.2. The summed E-state index contributed by atoms with van der Waals surface area (Å²) in [5.74, 6) is 3.08. The van der Waals surface area contributed by atoms with E-state index < -0.39 is 17.8 Å². The van der Waals surface area contributed by atoms with E-state index in [4.69, 9.17) is 10.3 Å². The summed E-state index contributed by atoms with van der Waals surface area (Å²) in [4.78, 5) is 47.5. The monoisotopic (exact) mass is 493 g/mol. The fourth-order valence-electron chi connectivity index (χ4n) is 3.64. The molecule has 0 fully saturated rings. The molecule has 11 heteroatoms. The summed E-state index contributed by atoms with van der Waals surface area (Å²) >= 11 is 1.05. The fourth-order valence-corrected chi connectivity index (χ4v) is 4.27. The molecule has 0 atom stereocenters. The van der Waals surface area contributed by atoms with Gasteiger partial charge in [0.1, 0.15) is 17.1 Å². The maximum absolute atomic E-state index is 12.2. The molecule has 2 aromatic rings. The molecule has 6 N–H and O–H groups in total. The van der Waals surface area contributed by atoms with Crippen LogP contribution in [-0.2, 0) is 9.59 Å². The van der Waals surface area contributed by atoms with Crippen LogP contribution in [0.1, 0.15) is 10.4 Å². The molecule has 0 unspecified atom stereocenters. The molecule has 0 bridgehead atoms. The lowest BCUT2D eigenvalue weighted by atomic mass is 9.90. The molecule has 2 amide bonds. The number of aromatic carboxylic acids is 1. The van der Waals surface area contributed by atoms with E-state index in [2.05, 4.69) is 5.32 Å². The molecule has 35 heavy (non-hydrogen) atoms. The predicted octanol–water partition coefficient (Wildman–Crippen LogP) is 2.63. The van der Waals surface area contributed by atoms with Crippen LogP contribution in [0, 0.1) is 0 Å².